The number of aromatic nitrogens is 1. The van der Waals surface area contributed by atoms with Crippen molar-refractivity contribution in [3.05, 3.63) is 29.6 Å². The summed E-state index contributed by atoms with van der Waals surface area (Å²) in [5, 5.41) is 11.5. The Morgan fingerprint density at radius 3 is 2.70 bits per heavy atom. The van der Waals surface area contributed by atoms with Gasteiger partial charge in [-0.1, -0.05) is 19.9 Å². The van der Waals surface area contributed by atoms with Crippen LogP contribution in [0.3, 0.4) is 0 Å². The third-order valence-corrected chi connectivity index (χ3v) is 2.40. The van der Waals surface area contributed by atoms with Crippen LogP contribution in [0.15, 0.2) is 18.2 Å². The second kappa shape index (κ2) is 8.27. The van der Waals surface area contributed by atoms with E-state index in [2.05, 4.69) is 24.1 Å². The normalized spacial score (nSPS) is 10.6. The fourth-order valence-electron chi connectivity index (χ4n) is 1.47. The van der Waals surface area contributed by atoms with Gasteiger partial charge in [0.05, 0.1) is 0 Å². The van der Waals surface area contributed by atoms with E-state index in [0.717, 1.165) is 0 Å². The average Bonchev–Trinajstić information content (AvgIpc) is 2.42. The van der Waals surface area contributed by atoms with Crippen molar-refractivity contribution < 1.29 is 19.4 Å². The maximum atomic E-state index is 11.8. The summed E-state index contributed by atoms with van der Waals surface area (Å²) in [5.74, 6) is -1.04. The first-order valence-corrected chi connectivity index (χ1v) is 6.57. The van der Waals surface area contributed by atoms with Gasteiger partial charge in [0.1, 0.15) is 11.4 Å². The number of amides is 1. The largest absolute Gasteiger partial charge is 0.477 e. The molecule has 0 aliphatic carbocycles. The lowest BCUT2D eigenvalue weighted by Crippen LogP contribution is -2.26. The molecule has 6 nitrogen and oxygen atoms in total. The topological polar surface area (TPSA) is 88.5 Å². The molecule has 0 saturated carbocycles. The summed E-state index contributed by atoms with van der Waals surface area (Å²) in [6.07, 6.45) is 0.705. The minimum atomic E-state index is -1.15. The van der Waals surface area contributed by atoms with Crippen LogP contribution < -0.4 is 5.32 Å². The minimum absolute atomic E-state index is 0.105. The number of carboxylic acids is 1. The summed E-state index contributed by atoms with van der Waals surface area (Å²) in [6, 6.07) is 4.33. The first-order valence-electron chi connectivity index (χ1n) is 6.57. The Morgan fingerprint density at radius 2 is 2.05 bits per heavy atom. The molecule has 1 heterocycles. The maximum Gasteiger partial charge on any atom is 0.354 e. The molecule has 0 aliphatic heterocycles. The Kier molecular flexibility index (Phi) is 6.66. The molecule has 1 aromatic heterocycles. The third kappa shape index (κ3) is 5.79. The third-order valence-electron chi connectivity index (χ3n) is 2.40. The molecular formula is C14H20N2O4. The van der Waals surface area contributed by atoms with Gasteiger partial charge in [0, 0.05) is 19.8 Å². The predicted octanol–water partition coefficient (Wildman–Crippen LogP) is 1.57. The van der Waals surface area contributed by atoms with Crippen LogP contribution in [-0.4, -0.2) is 41.7 Å². The molecule has 0 fully saturated rings. The molecule has 0 aromatic carbocycles. The Labute approximate surface area is 118 Å². The molecule has 0 aliphatic rings. The van der Waals surface area contributed by atoms with Gasteiger partial charge in [-0.3, -0.25) is 4.79 Å². The molecule has 1 aromatic rings. The summed E-state index contributed by atoms with van der Waals surface area (Å²) < 4.78 is 5.39. The number of nitrogens with one attached hydrogen (secondary N) is 1. The number of rotatable bonds is 8. The fraction of sp³-hybridized carbons (Fsp3) is 0.500. The zero-order valence-electron chi connectivity index (χ0n) is 11.8. The van der Waals surface area contributed by atoms with Crippen molar-refractivity contribution in [1.82, 2.24) is 10.3 Å². The number of ether oxygens (including phenoxy) is 1. The van der Waals surface area contributed by atoms with Crippen LogP contribution in [0.2, 0.25) is 0 Å². The van der Waals surface area contributed by atoms with Gasteiger partial charge in [-0.2, -0.15) is 0 Å². The molecule has 0 bridgehead atoms. The molecule has 20 heavy (non-hydrogen) atoms. The number of pyridine rings is 1. The number of carbonyl (C=O) groups is 2. The highest BCUT2D eigenvalue weighted by Gasteiger charge is 2.10. The van der Waals surface area contributed by atoms with E-state index in [4.69, 9.17) is 9.84 Å². The van der Waals surface area contributed by atoms with Crippen LogP contribution in [-0.2, 0) is 4.74 Å². The summed E-state index contributed by atoms with van der Waals surface area (Å²) >= 11 is 0. The van der Waals surface area contributed by atoms with E-state index >= 15 is 0 Å². The van der Waals surface area contributed by atoms with E-state index in [0.29, 0.717) is 32.1 Å². The SMILES string of the molecule is CC(C)COCCCNC(=O)c1cccc(C(=O)O)n1. The number of carbonyl (C=O) groups excluding carboxylic acids is 1. The first kappa shape index (κ1) is 16.1. The summed E-state index contributed by atoms with van der Waals surface area (Å²) in [7, 11) is 0. The second-order valence-corrected chi connectivity index (χ2v) is 4.79. The molecule has 1 rings (SSSR count). The van der Waals surface area contributed by atoms with Gasteiger partial charge in [-0.05, 0) is 24.5 Å². The molecule has 0 unspecified atom stereocenters. The number of hydrogen-bond donors (Lipinski definition) is 2. The summed E-state index contributed by atoms with van der Waals surface area (Å²) in [4.78, 5) is 26.3. The van der Waals surface area contributed by atoms with Crippen LogP contribution in [0.25, 0.3) is 0 Å². The number of aromatic carboxylic acids is 1. The summed E-state index contributed by atoms with van der Waals surface area (Å²) in [5.41, 5.74) is -0.0362. The van der Waals surface area contributed by atoms with E-state index in [1.165, 1.54) is 18.2 Å². The molecule has 2 N–H and O–H groups in total. The van der Waals surface area contributed by atoms with E-state index in [1.54, 1.807) is 0 Å². The van der Waals surface area contributed by atoms with Crippen molar-refractivity contribution in [3.8, 4) is 0 Å². The summed E-state index contributed by atoms with van der Waals surface area (Å²) in [6.45, 7) is 5.90. The van der Waals surface area contributed by atoms with Crippen LogP contribution in [0.4, 0.5) is 0 Å². The maximum absolute atomic E-state index is 11.8. The second-order valence-electron chi connectivity index (χ2n) is 4.79. The fourth-order valence-corrected chi connectivity index (χ4v) is 1.47. The van der Waals surface area contributed by atoms with Gasteiger partial charge in [-0.25, -0.2) is 9.78 Å². The van der Waals surface area contributed by atoms with E-state index in [1.807, 2.05) is 0 Å². The van der Waals surface area contributed by atoms with Gasteiger partial charge in [0.15, 0.2) is 0 Å². The standard InChI is InChI=1S/C14H20N2O4/c1-10(2)9-20-8-4-7-15-13(17)11-5-3-6-12(16-11)14(18)19/h3,5-6,10H,4,7-9H2,1-2H3,(H,15,17)(H,18,19). The number of nitrogens with zero attached hydrogens (tertiary/aromatic N) is 1. The van der Waals surface area contributed by atoms with Crippen LogP contribution in [0.5, 0.6) is 0 Å². The Bertz CT molecular complexity index is 460. The van der Waals surface area contributed by atoms with Crippen LogP contribution in [0.1, 0.15) is 41.2 Å². The molecule has 110 valence electrons. The molecule has 0 atom stereocenters. The highest BCUT2D eigenvalue weighted by atomic mass is 16.5. The van der Waals surface area contributed by atoms with Crippen molar-refractivity contribution in [3.63, 3.8) is 0 Å². The Hall–Kier alpha value is -1.95. The molecule has 0 radical (unpaired) electrons. The average molecular weight is 280 g/mol. The lowest BCUT2D eigenvalue weighted by atomic mass is 10.2. The van der Waals surface area contributed by atoms with Gasteiger partial charge in [-0.15, -0.1) is 0 Å². The van der Waals surface area contributed by atoms with Crippen molar-refractivity contribution >= 4 is 11.9 Å². The minimum Gasteiger partial charge on any atom is -0.477 e. The quantitative estimate of drug-likeness (QED) is 0.706. The molecule has 0 spiro atoms. The van der Waals surface area contributed by atoms with Gasteiger partial charge < -0.3 is 15.2 Å². The van der Waals surface area contributed by atoms with Gasteiger partial charge in [0.25, 0.3) is 5.91 Å². The highest BCUT2D eigenvalue weighted by molar-refractivity contribution is 5.94. The monoisotopic (exact) mass is 280 g/mol. The molecular weight excluding hydrogens is 260 g/mol. The van der Waals surface area contributed by atoms with Crippen LogP contribution in [0, 0.1) is 5.92 Å². The Morgan fingerprint density at radius 1 is 1.35 bits per heavy atom. The zero-order chi connectivity index (χ0) is 15.0. The van der Waals surface area contributed by atoms with Crippen molar-refractivity contribution in [2.24, 2.45) is 5.92 Å². The Balaban J connectivity index is 2.32. The van der Waals surface area contributed by atoms with E-state index in [-0.39, 0.29) is 17.3 Å². The smallest absolute Gasteiger partial charge is 0.354 e. The molecule has 1 amide bonds. The first-order chi connectivity index (χ1) is 9.50. The lowest BCUT2D eigenvalue weighted by Gasteiger charge is -2.07. The van der Waals surface area contributed by atoms with E-state index in [9.17, 15) is 9.59 Å². The number of hydrogen-bond acceptors (Lipinski definition) is 4. The number of carboxylic acid groups (broad SMARTS) is 1. The van der Waals surface area contributed by atoms with Gasteiger partial charge in [0.2, 0.25) is 0 Å². The van der Waals surface area contributed by atoms with Crippen molar-refractivity contribution in [2.75, 3.05) is 19.8 Å². The molecule has 6 heteroatoms. The highest BCUT2D eigenvalue weighted by Crippen LogP contribution is 2.00. The zero-order valence-corrected chi connectivity index (χ0v) is 11.8. The van der Waals surface area contributed by atoms with Crippen LogP contribution >= 0.6 is 0 Å². The van der Waals surface area contributed by atoms with Crippen molar-refractivity contribution in [1.29, 1.82) is 0 Å². The van der Waals surface area contributed by atoms with Gasteiger partial charge >= 0.3 is 5.97 Å². The van der Waals surface area contributed by atoms with E-state index < -0.39 is 5.97 Å². The molecule has 0 saturated heterocycles. The predicted molar refractivity (Wildman–Crippen MR) is 73.8 cm³/mol. The lowest BCUT2D eigenvalue weighted by molar-refractivity contribution is 0.0690. The van der Waals surface area contributed by atoms with Crippen molar-refractivity contribution in [2.45, 2.75) is 20.3 Å².